The van der Waals surface area contributed by atoms with Gasteiger partial charge in [-0.15, -0.1) is 11.3 Å². The van der Waals surface area contributed by atoms with Gasteiger partial charge in [-0.05, 0) is 49.9 Å². The van der Waals surface area contributed by atoms with Crippen molar-refractivity contribution in [3.63, 3.8) is 0 Å². The SMILES string of the molecule is Cc1ccc(C)n1NC(C)c1csc(Cl)c1. The molecule has 2 aromatic rings. The molecule has 16 heavy (non-hydrogen) atoms. The van der Waals surface area contributed by atoms with E-state index in [1.54, 1.807) is 11.3 Å². The molecule has 1 atom stereocenters. The third kappa shape index (κ3) is 2.25. The molecule has 0 saturated heterocycles. The van der Waals surface area contributed by atoms with Crippen LogP contribution < -0.4 is 5.43 Å². The second-order valence-corrected chi connectivity index (χ2v) is 5.53. The molecule has 0 fully saturated rings. The number of nitrogens with zero attached hydrogens (tertiary/aromatic N) is 1. The van der Waals surface area contributed by atoms with Crippen LogP contribution in [0.25, 0.3) is 0 Å². The van der Waals surface area contributed by atoms with Crippen LogP contribution in [0.4, 0.5) is 0 Å². The fourth-order valence-electron chi connectivity index (χ4n) is 1.69. The van der Waals surface area contributed by atoms with Crippen LogP contribution in [0.3, 0.4) is 0 Å². The quantitative estimate of drug-likeness (QED) is 0.872. The van der Waals surface area contributed by atoms with Crippen molar-refractivity contribution in [3.8, 4) is 0 Å². The number of aromatic nitrogens is 1. The molecule has 0 aliphatic heterocycles. The molecule has 2 aromatic heterocycles. The average Bonchev–Trinajstić information content (AvgIpc) is 2.79. The van der Waals surface area contributed by atoms with Crippen LogP contribution >= 0.6 is 22.9 Å². The lowest BCUT2D eigenvalue weighted by atomic mass is 10.2. The highest BCUT2D eigenvalue weighted by atomic mass is 35.5. The van der Waals surface area contributed by atoms with E-state index in [2.05, 4.69) is 48.4 Å². The largest absolute Gasteiger partial charge is 0.319 e. The molecular formula is C12H15ClN2S. The first kappa shape index (κ1) is 11.6. The van der Waals surface area contributed by atoms with Crippen LogP contribution in [0.1, 0.15) is 29.9 Å². The van der Waals surface area contributed by atoms with Crippen LogP contribution in [-0.4, -0.2) is 4.68 Å². The summed E-state index contributed by atoms with van der Waals surface area (Å²) in [7, 11) is 0. The predicted octanol–water partition coefficient (Wildman–Crippen LogP) is 4.12. The Labute approximate surface area is 105 Å². The lowest BCUT2D eigenvalue weighted by Gasteiger charge is -2.18. The van der Waals surface area contributed by atoms with Crippen molar-refractivity contribution in [1.29, 1.82) is 0 Å². The molecule has 2 rings (SSSR count). The van der Waals surface area contributed by atoms with Gasteiger partial charge >= 0.3 is 0 Å². The van der Waals surface area contributed by atoms with Crippen molar-refractivity contribution in [3.05, 3.63) is 44.9 Å². The summed E-state index contributed by atoms with van der Waals surface area (Å²) in [5, 5.41) is 2.09. The smallest absolute Gasteiger partial charge is 0.0931 e. The van der Waals surface area contributed by atoms with Crippen LogP contribution in [0.5, 0.6) is 0 Å². The summed E-state index contributed by atoms with van der Waals surface area (Å²) in [6.45, 7) is 6.32. The van der Waals surface area contributed by atoms with Crippen LogP contribution in [-0.2, 0) is 0 Å². The number of rotatable bonds is 3. The first-order valence-corrected chi connectivity index (χ1v) is 6.49. The topological polar surface area (TPSA) is 17.0 Å². The number of nitrogens with one attached hydrogen (secondary N) is 1. The van der Waals surface area contributed by atoms with Crippen LogP contribution in [0.15, 0.2) is 23.6 Å². The van der Waals surface area contributed by atoms with Gasteiger partial charge in [0.05, 0.1) is 10.4 Å². The fraction of sp³-hybridized carbons (Fsp3) is 0.333. The van der Waals surface area contributed by atoms with Gasteiger partial charge in [-0.1, -0.05) is 11.6 Å². The maximum Gasteiger partial charge on any atom is 0.0931 e. The Morgan fingerprint density at radius 2 is 1.94 bits per heavy atom. The highest BCUT2D eigenvalue weighted by molar-refractivity contribution is 7.14. The Hall–Kier alpha value is -0.930. The van der Waals surface area contributed by atoms with E-state index in [1.165, 1.54) is 17.0 Å². The van der Waals surface area contributed by atoms with E-state index < -0.39 is 0 Å². The monoisotopic (exact) mass is 254 g/mol. The van der Waals surface area contributed by atoms with Crippen molar-refractivity contribution in [2.75, 3.05) is 5.43 Å². The molecule has 4 heteroatoms. The Morgan fingerprint density at radius 1 is 1.31 bits per heavy atom. The van der Waals surface area contributed by atoms with Gasteiger partial charge in [0, 0.05) is 11.4 Å². The Morgan fingerprint density at radius 3 is 2.44 bits per heavy atom. The first-order valence-electron chi connectivity index (χ1n) is 5.23. The highest BCUT2D eigenvalue weighted by Crippen LogP contribution is 2.25. The number of thiophene rings is 1. The Kier molecular flexibility index (Phi) is 3.26. The van der Waals surface area contributed by atoms with Crippen LogP contribution in [0.2, 0.25) is 4.34 Å². The fourth-order valence-corrected chi connectivity index (χ4v) is 2.68. The van der Waals surface area contributed by atoms with Gasteiger partial charge < -0.3 is 5.43 Å². The van der Waals surface area contributed by atoms with E-state index in [9.17, 15) is 0 Å². The van der Waals surface area contributed by atoms with E-state index in [0.717, 1.165) is 4.34 Å². The zero-order valence-corrected chi connectivity index (χ0v) is 11.2. The van der Waals surface area contributed by atoms with Gasteiger partial charge in [0.25, 0.3) is 0 Å². The number of aryl methyl sites for hydroxylation is 2. The highest BCUT2D eigenvalue weighted by Gasteiger charge is 2.09. The van der Waals surface area contributed by atoms with E-state index in [4.69, 9.17) is 11.6 Å². The Bertz CT molecular complexity index is 467. The first-order chi connectivity index (χ1) is 7.58. The summed E-state index contributed by atoms with van der Waals surface area (Å²) in [4.78, 5) is 0. The zero-order chi connectivity index (χ0) is 11.7. The van der Waals surface area contributed by atoms with Crippen molar-refractivity contribution in [2.24, 2.45) is 0 Å². The lowest BCUT2D eigenvalue weighted by Crippen LogP contribution is -2.20. The van der Waals surface area contributed by atoms with Gasteiger partial charge in [0.1, 0.15) is 0 Å². The van der Waals surface area contributed by atoms with Crippen LogP contribution in [0, 0.1) is 13.8 Å². The van der Waals surface area contributed by atoms with E-state index in [0.29, 0.717) is 0 Å². The molecule has 2 nitrogen and oxygen atoms in total. The molecule has 0 bridgehead atoms. The molecule has 0 spiro atoms. The lowest BCUT2D eigenvalue weighted by molar-refractivity contribution is 0.701. The molecule has 1 unspecified atom stereocenters. The van der Waals surface area contributed by atoms with Gasteiger partial charge in [-0.2, -0.15) is 0 Å². The third-order valence-electron chi connectivity index (χ3n) is 2.68. The van der Waals surface area contributed by atoms with Gasteiger partial charge in [0.15, 0.2) is 0 Å². The number of hydrogen-bond donors (Lipinski definition) is 1. The second-order valence-electron chi connectivity index (χ2n) is 3.99. The summed E-state index contributed by atoms with van der Waals surface area (Å²) in [5.74, 6) is 0. The van der Waals surface area contributed by atoms with Crippen molar-refractivity contribution in [1.82, 2.24) is 4.68 Å². The number of halogens is 1. The molecule has 0 amide bonds. The maximum absolute atomic E-state index is 5.93. The van der Waals surface area contributed by atoms with Gasteiger partial charge in [-0.3, -0.25) is 4.68 Å². The standard InChI is InChI=1S/C12H15ClN2S/c1-8-4-5-9(2)15(8)14-10(3)11-6-12(13)16-7-11/h4-7,10,14H,1-3H3. The molecule has 86 valence electrons. The molecule has 1 N–H and O–H groups in total. The Balaban J connectivity index is 2.16. The van der Waals surface area contributed by atoms with E-state index in [1.807, 2.05) is 6.07 Å². The molecule has 2 heterocycles. The van der Waals surface area contributed by atoms with Crippen molar-refractivity contribution < 1.29 is 0 Å². The van der Waals surface area contributed by atoms with Crippen molar-refractivity contribution in [2.45, 2.75) is 26.8 Å². The van der Waals surface area contributed by atoms with Crippen molar-refractivity contribution >= 4 is 22.9 Å². The molecule has 0 aromatic carbocycles. The predicted molar refractivity (Wildman–Crippen MR) is 71.0 cm³/mol. The number of hydrogen-bond acceptors (Lipinski definition) is 2. The minimum Gasteiger partial charge on any atom is -0.319 e. The molecule has 0 aliphatic carbocycles. The van der Waals surface area contributed by atoms with Gasteiger partial charge in [0.2, 0.25) is 0 Å². The summed E-state index contributed by atoms with van der Waals surface area (Å²) < 4.78 is 2.94. The minimum atomic E-state index is 0.258. The molecule has 0 saturated carbocycles. The molecule has 0 aliphatic rings. The zero-order valence-electron chi connectivity index (χ0n) is 9.62. The summed E-state index contributed by atoms with van der Waals surface area (Å²) in [5.41, 5.74) is 7.10. The van der Waals surface area contributed by atoms with Gasteiger partial charge in [-0.25, -0.2) is 0 Å². The summed E-state index contributed by atoms with van der Waals surface area (Å²) in [6.07, 6.45) is 0. The third-order valence-corrected chi connectivity index (χ3v) is 3.79. The summed E-state index contributed by atoms with van der Waals surface area (Å²) in [6, 6.07) is 6.48. The maximum atomic E-state index is 5.93. The minimum absolute atomic E-state index is 0.258. The van der Waals surface area contributed by atoms with E-state index >= 15 is 0 Å². The average molecular weight is 255 g/mol. The normalized spacial score (nSPS) is 12.8. The molecular weight excluding hydrogens is 240 g/mol. The molecule has 0 radical (unpaired) electrons. The second kappa shape index (κ2) is 4.52. The summed E-state index contributed by atoms with van der Waals surface area (Å²) >= 11 is 7.50. The van der Waals surface area contributed by atoms with E-state index in [-0.39, 0.29) is 6.04 Å².